The summed E-state index contributed by atoms with van der Waals surface area (Å²) in [5.74, 6) is 0.821. The van der Waals surface area contributed by atoms with Gasteiger partial charge in [-0.2, -0.15) is 0 Å². The van der Waals surface area contributed by atoms with Crippen molar-refractivity contribution in [2.45, 2.75) is 20.4 Å². The Kier molecular flexibility index (Phi) is 8.09. The molecule has 3 N–H and O–H groups in total. The Morgan fingerprint density at radius 2 is 1.85 bits per heavy atom. The summed E-state index contributed by atoms with van der Waals surface area (Å²) in [4.78, 5) is 26.3. The maximum atomic E-state index is 12.1. The first-order chi connectivity index (χ1) is 13.0. The number of hydrogen-bond donors (Lipinski definition) is 3. The molecule has 0 radical (unpaired) electrons. The summed E-state index contributed by atoms with van der Waals surface area (Å²) in [6.07, 6.45) is 0. The van der Waals surface area contributed by atoms with E-state index in [4.69, 9.17) is 9.47 Å². The number of urea groups is 1. The molecule has 146 valence electrons. The van der Waals surface area contributed by atoms with Gasteiger partial charge in [0.25, 0.3) is 5.91 Å². The molecule has 0 aliphatic rings. The number of amides is 3. The third-order valence-corrected chi connectivity index (χ3v) is 4.45. The van der Waals surface area contributed by atoms with E-state index in [1.165, 1.54) is 4.88 Å². The molecule has 1 unspecified atom stereocenters. The maximum Gasteiger partial charge on any atom is 0.326 e. The number of ether oxygens (including phenoxy) is 2. The SMILES string of the molecule is CCOc1ccc(NC(=O)NC(=O)C[NH+](C)Cc2cccs2)cc1OCC. The summed E-state index contributed by atoms with van der Waals surface area (Å²) < 4.78 is 11.0. The van der Waals surface area contributed by atoms with Crippen LogP contribution in [0.15, 0.2) is 35.7 Å². The van der Waals surface area contributed by atoms with Gasteiger partial charge in [-0.25, -0.2) is 4.79 Å². The number of benzene rings is 1. The fraction of sp³-hybridized carbons (Fsp3) is 0.368. The topological polar surface area (TPSA) is 81.1 Å². The van der Waals surface area contributed by atoms with E-state index in [1.807, 2.05) is 38.4 Å². The lowest BCUT2D eigenvalue weighted by molar-refractivity contribution is -0.885. The van der Waals surface area contributed by atoms with Crippen LogP contribution in [0, 0.1) is 0 Å². The van der Waals surface area contributed by atoms with E-state index in [1.54, 1.807) is 29.5 Å². The summed E-state index contributed by atoms with van der Waals surface area (Å²) in [5.41, 5.74) is 0.520. The number of hydrogen-bond acceptors (Lipinski definition) is 5. The van der Waals surface area contributed by atoms with Crippen molar-refractivity contribution in [2.24, 2.45) is 0 Å². The van der Waals surface area contributed by atoms with E-state index in [0.717, 1.165) is 11.4 Å². The predicted molar refractivity (Wildman–Crippen MR) is 106 cm³/mol. The van der Waals surface area contributed by atoms with E-state index in [2.05, 4.69) is 10.6 Å². The van der Waals surface area contributed by atoms with Crippen molar-refractivity contribution in [1.82, 2.24) is 5.32 Å². The van der Waals surface area contributed by atoms with Gasteiger partial charge in [0.05, 0.1) is 25.1 Å². The second kappa shape index (κ2) is 10.5. The Morgan fingerprint density at radius 3 is 2.52 bits per heavy atom. The lowest BCUT2D eigenvalue weighted by Gasteiger charge is -2.14. The minimum Gasteiger partial charge on any atom is -0.490 e. The monoisotopic (exact) mass is 392 g/mol. The molecule has 0 bridgehead atoms. The molecule has 0 spiro atoms. The molecular formula is C19H26N3O4S+. The van der Waals surface area contributed by atoms with Gasteiger partial charge in [-0.1, -0.05) is 6.07 Å². The first-order valence-corrected chi connectivity index (χ1v) is 9.74. The molecule has 8 heteroatoms. The maximum absolute atomic E-state index is 12.1. The fourth-order valence-corrected chi connectivity index (χ4v) is 3.33. The number of carbonyl (C=O) groups excluding carboxylic acids is 2. The van der Waals surface area contributed by atoms with Gasteiger partial charge in [0.2, 0.25) is 0 Å². The van der Waals surface area contributed by atoms with Crippen LogP contribution in [-0.4, -0.2) is 38.7 Å². The molecular weight excluding hydrogens is 366 g/mol. The molecule has 1 aromatic carbocycles. The Morgan fingerprint density at radius 1 is 1.11 bits per heavy atom. The van der Waals surface area contributed by atoms with Crippen LogP contribution in [-0.2, 0) is 11.3 Å². The van der Waals surface area contributed by atoms with Crippen molar-refractivity contribution in [3.8, 4) is 11.5 Å². The zero-order valence-electron chi connectivity index (χ0n) is 15.8. The van der Waals surface area contributed by atoms with E-state index >= 15 is 0 Å². The fourth-order valence-electron chi connectivity index (χ4n) is 2.51. The first kappa shape index (κ1) is 20.7. The second-order valence-electron chi connectivity index (χ2n) is 5.92. The smallest absolute Gasteiger partial charge is 0.326 e. The predicted octanol–water partition coefficient (Wildman–Crippen LogP) is 1.91. The van der Waals surface area contributed by atoms with Crippen LogP contribution in [0.4, 0.5) is 10.5 Å². The number of thiophene rings is 1. The van der Waals surface area contributed by atoms with Gasteiger partial charge < -0.3 is 19.7 Å². The molecule has 0 fully saturated rings. The van der Waals surface area contributed by atoms with Crippen molar-refractivity contribution >= 4 is 29.0 Å². The summed E-state index contributed by atoms with van der Waals surface area (Å²) >= 11 is 1.65. The average molecular weight is 393 g/mol. The lowest BCUT2D eigenvalue weighted by atomic mass is 10.2. The first-order valence-electron chi connectivity index (χ1n) is 8.86. The number of quaternary nitrogens is 1. The summed E-state index contributed by atoms with van der Waals surface area (Å²) in [5, 5.41) is 7.00. The van der Waals surface area contributed by atoms with Gasteiger partial charge in [0.15, 0.2) is 18.0 Å². The number of imide groups is 1. The Bertz CT molecular complexity index is 749. The Balaban J connectivity index is 1.86. The zero-order chi connectivity index (χ0) is 19.6. The number of anilines is 1. The van der Waals surface area contributed by atoms with Gasteiger partial charge >= 0.3 is 6.03 Å². The molecule has 0 saturated heterocycles. The van der Waals surface area contributed by atoms with Crippen LogP contribution in [0.25, 0.3) is 0 Å². The van der Waals surface area contributed by atoms with Crippen molar-refractivity contribution in [1.29, 1.82) is 0 Å². The van der Waals surface area contributed by atoms with Crippen molar-refractivity contribution in [3.63, 3.8) is 0 Å². The van der Waals surface area contributed by atoms with Crippen molar-refractivity contribution in [2.75, 3.05) is 32.1 Å². The summed E-state index contributed by atoms with van der Waals surface area (Å²) in [6.45, 7) is 5.70. The van der Waals surface area contributed by atoms with E-state index in [9.17, 15) is 9.59 Å². The highest BCUT2D eigenvalue weighted by Crippen LogP contribution is 2.30. The minimum atomic E-state index is -0.574. The molecule has 27 heavy (non-hydrogen) atoms. The van der Waals surface area contributed by atoms with Crippen molar-refractivity contribution < 1.29 is 24.0 Å². The molecule has 7 nitrogen and oxygen atoms in total. The zero-order valence-corrected chi connectivity index (χ0v) is 16.7. The number of likely N-dealkylation sites (N-methyl/N-ethyl adjacent to an activating group) is 1. The summed E-state index contributed by atoms with van der Waals surface area (Å²) in [7, 11) is 1.91. The highest BCUT2D eigenvalue weighted by Gasteiger charge is 2.15. The van der Waals surface area contributed by atoms with Crippen molar-refractivity contribution in [3.05, 3.63) is 40.6 Å². The minimum absolute atomic E-state index is 0.207. The number of carbonyl (C=O) groups is 2. The molecule has 0 aliphatic heterocycles. The third-order valence-electron chi connectivity index (χ3n) is 3.57. The Hall–Kier alpha value is -2.58. The Labute approximate surface area is 163 Å². The van der Waals surface area contributed by atoms with E-state index < -0.39 is 6.03 Å². The average Bonchev–Trinajstić information content (AvgIpc) is 3.10. The van der Waals surface area contributed by atoms with Crippen LogP contribution >= 0.6 is 11.3 Å². The molecule has 1 atom stereocenters. The van der Waals surface area contributed by atoms with Gasteiger partial charge in [-0.15, -0.1) is 11.3 Å². The quantitative estimate of drug-likeness (QED) is 0.609. The highest BCUT2D eigenvalue weighted by atomic mass is 32.1. The second-order valence-corrected chi connectivity index (χ2v) is 6.95. The third kappa shape index (κ3) is 6.92. The molecule has 0 saturated carbocycles. The standard InChI is InChI=1S/C19H25N3O4S/c1-4-25-16-9-8-14(11-17(16)26-5-2)20-19(24)21-18(23)13-22(3)12-15-7-6-10-27-15/h6-11H,4-5,12-13H2,1-3H3,(H2,20,21,23,24)/p+1. The van der Waals surface area contributed by atoms with Crippen LogP contribution in [0.1, 0.15) is 18.7 Å². The van der Waals surface area contributed by atoms with Crippen LogP contribution in [0.5, 0.6) is 11.5 Å². The number of nitrogens with one attached hydrogen (secondary N) is 3. The molecule has 2 rings (SSSR count). The molecule has 2 aromatic rings. The normalized spacial score (nSPS) is 11.5. The molecule has 0 aliphatic carbocycles. The van der Waals surface area contributed by atoms with Crippen LogP contribution in [0.2, 0.25) is 0 Å². The van der Waals surface area contributed by atoms with Crippen LogP contribution < -0.4 is 25.0 Å². The van der Waals surface area contributed by atoms with E-state index in [-0.39, 0.29) is 12.5 Å². The molecule has 1 heterocycles. The van der Waals surface area contributed by atoms with Gasteiger partial charge in [-0.3, -0.25) is 10.1 Å². The van der Waals surface area contributed by atoms with Crippen LogP contribution in [0.3, 0.4) is 0 Å². The van der Waals surface area contributed by atoms with E-state index in [0.29, 0.717) is 30.4 Å². The van der Waals surface area contributed by atoms with Gasteiger partial charge in [0, 0.05) is 11.8 Å². The summed E-state index contributed by atoms with van der Waals surface area (Å²) in [6, 6.07) is 8.54. The molecule has 3 amide bonds. The van der Waals surface area contributed by atoms with Gasteiger partial charge in [-0.05, 0) is 37.4 Å². The molecule has 1 aromatic heterocycles. The lowest BCUT2D eigenvalue weighted by Crippen LogP contribution is -3.08. The highest BCUT2D eigenvalue weighted by molar-refractivity contribution is 7.09. The number of rotatable bonds is 9. The van der Waals surface area contributed by atoms with Gasteiger partial charge in [0.1, 0.15) is 6.54 Å². The largest absolute Gasteiger partial charge is 0.490 e.